The number of hydrogen-bond acceptors (Lipinski definition) is 3. The number of carbonyl (C=O) groups is 1. The van der Waals surface area contributed by atoms with Crippen molar-refractivity contribution in [2.24, 2.45) is 0 Å². The van der Waals surface area contributed by atoms with E-state index in [-0.39, 0.29) is 6.03 Å². The van der Waals surface area contributed by atoms with Gasteiger partial charge in [0.1, 0.15) is 0 Å². The van der Waals surface area contributed by atoms with Crippen LogP contribution in [0.1, 0.15) is 47.0 Å². The van der Waals surface area contributed by atoms with Crippen LogP contribution in [0.3, 0.4) is 0 Å². The van der Waals surface area contributed by atoms with Gasteiger partial charge in [0.25, 0.3) is 0 Å². The average Bonchev–Trinajstić information content (AvgIpc) is 3.01. The molecule has 1 aromatic carbocycles. The van der Waals surface area contributed by atoms with Crippen LogP contribution < -0.4 is 5.32 Å². The number of nitrogens with zero attached hydrogens (tertiary/aromatic N) is 2. The monoisotopic (exact) mass is 343 g/mol. The van der Waals surface area contributed by atoms with E-state index in [1.807, 2.05) is 20.2 Å². The zero-order valence-electron chi connectivity index (χ0n) is 14.4. The molecule has 1 aliphatic rings. The van der Waals surface area contributed by atoms with Crippen LogP contribution in [0.2, 0.25) is 0 Å². The third-order valence-electron chi connectivity index (χ3n) is 4.73. The maximum atomic E-state index is 12.4. The number of amides is 2. The Bertz CT molecular complexity index is 662. The minimum absolute atomic E-state index is 0.0178. The third-order valence-corrected chi connectivity index (χ3v) is 5.63. The molecule has 0 atom stereocenters. The number of thiazole rings is 1. The van der Waals surface area contributed by atoms with Crippen LogP contribution in [0, 0.1) is 6.92 Å². The summed E-state index contributed by atoms with van der Waals surface area (Å²) in [6.07, 6.45) is 6.26. The summed E-state index contributed by atoms with van der Waals surface area (Å²) in [5.74, 6) is 0.636. The summed E-state index contributed by atoms with van der Waals surface area (Å²) in [7, 11) is 1.85. The molecule has 1 heterocycles. The number of benzene rings is 1. The predicted molar refractivity (Wildman–Crippen MR) is 98.3 cm³/mol. The molecule has 1 N–H and O–H groups in total. The summed E-state index contributed by atoms with van der Waals surface area (Å²) in [4.78, 5) is 19.5. The van der Waals surface area contributed by atoms with Gasteiger partial charge >= 0.3 is 6.03 Å². The molecule has 3 rings (SSSR count). The maximum Gasteiger partial charge on any atom is 0.317 e. The van der Waals surface area contributed by atoms with Crippen molar-refractivity contribution in [3.05, 3.63) is 52.0 Å². The fourth-order valence-corrected chi connectivity index (χ4v) is 4.21. The lowest BCUT2D eigenvalue weighted by Gasteiger charge is -2.30. The molecule has 24 heavy (non-hydrogen) atoms. The van der Waals surface area contributed by atoms with Crippen LogP contribution in [0.5, 0.6) is 0 Å². The molecule has 1 aromatic heterocycles. The Morgan fingerprint density at radius 1 is 1.25 bits per heavy atom. The van der Waals surface area contributed by atoms with E-state index in [0.29, 0.717) is 18.5 Å². The lowest BCUT2D eigenvalue weighted by Crippen LogP contribution is -2.44. The van der Waals surface area contributed by atoms with Gasteiger partial charge in [0.05, 0.1) is 11.6 Å². The molecule has 0 saturated heterocycles. The SMILES string of the molecule is Cc1ncc(CN(C)C(=O)NC2CCC(c3ccccc3)CC2)s1. The van der Waals surface area contributed by atoms with Crippen LogP contribution in [0.4, 0.5) is 4.79 Å². The normalized spacial score (nSPS) is 20.6. The van der Waals surface area contributed by atoms with Crippen LogP contribution in [0.25, 0.3) is 0 Å². The van der Waals surface area contributed by atoms with Crippen molar-refractivity contribution in [2.75, 3.05) is 7.05 Å². The number of rotatable bonds is 4. The first kappa shape index (κ1) is 17.0. The van der Waals surface area contributed by atoms with Crippen molar-refractivity contribution in [1.82, 2.24) is 15.2 Å². The van der Waals surface area contributed by atoms with Gasteiger partial charge in [-0.3, -0.25) is 0 Å². The number of hydrogen-bond donors (Lipinski definition) is 1. The van der Waals surface area contributed by atoms with Crippen LogP contribution in [0.15, 0.2) is 36.5 Å². The van der Waals surface area contributed by atoms with Gasteiger partial charge < -0.3 is 10.2 Å². The maximum absolute atomic E-state index is 12.4. The second-order valence-electron chi connectivity index (χ2n) is 6.61. The van der Waals surface area contributed by atoms with Gasteiger partial charge in [-0.15, -0.1) is 11.3 Å². The van der Waals surface area contributed by atoms with E-state index in [2.05, 4.69) is 40.6 Å². The van der Waals surface area contributed by atoms with Gasteiger partial charge in [-0.05, 0) is 44.1 Å². The highest BCUT2D eigenvalue weighted by Crippen LogP contribution is 2.32. The van der Waals surface area contributed by atoms with Gasteiger partial charge in [-0.25, -0.2) is 9.78 Å². The highest BCUT2D eigenvalue weighted by atomic mass is 32.1. The summed E-state index contributed by atoms with van der Waals surface area (Å²) in [6, 6.07) is 11.0. The van der Waals surface area contributed by atoms with Crippen molar-refractivity contribution < 1.29 is 4.79 Å². The standard InChI is InChI=1S/C19H25N3OS/c1-14-20-12-18(24-14)13-22(2)19(23)21-17-10-8-16(9-11-17)15-6-4-3-5-7-15/h3-7,12,16-17H,8-11,13H2,1-2H3,(H,21,23). The summed E-state index contributed by atoms with van der Waals surface area (Å²) >= 11 is 1.64. The first-order valence-corrected chi connectivity index (χ1v) is 9.41. The third kappa shape index (κ3) is 4.35. The van der Waals surface area contributed by atoms with Crippen molar-refractivity contribution in [1.29, 1.82) is 0 Å². The highest BCUT2D eigenvalue weighted by molar-refractivity contribution is 7.11. The Hall–Kier alpha value is -1.88. The molecular weight excluding hydrogens is 318 g/mol. The van der Waals surface area contributed by atoms with E-state index in [0.717, 1.165) is 35.6 Å². The van der Waals surface area contributed by atoms with Gasteiger partial charge in [0, 0.05) is 24.2 Å². The fourth-order valence-electron chi connectivity index (χ4n) is 3.37. The Labute approximate surface area is 147 Å². The van der Waals surface area contributed by atoms with Gasteiger partial charge in [0.15, 0.2) is 0 Å². The van der Waals surface area contributed by atoms with Gasteiger partial charge in [0.2, 0.25) is 0 Å². The topological polar surface area (TPSA) is 45.2 Å². The molecule has 0 spiro atoms. The number of nitrogens with one attached hydrogen (secondary N) is 1. The lowest BCUT2D eigenvalue weighted by molar-refractivity contribution is 0.198. The first-order valence-electron chi connectivity index (χ1n) is 8.59. The molecule has 0 bridgehead atoms. The summed E-state index contributed by atoms with van der Waals surface area (Å²) in [5, 5.41) is 4.23. The second kappa shape index (κ2) is 7.79. The minimum atomic E-state index is 0.0178. The molecule has 2 aromatic rings. The number of urea groups is 1. The molecule has 1 fully saturated rings. The molecule has 1 aliphatic carbocycles. The molecule has 1 saturated carbocycles. The molecule has 0 unspecified atom stereocenters. The molecule has 128 valence electrons. The van der Waals surface area contributed by atoms with E-state index in [1.165, 1.54) is 5.56 Å². The number of aryl methyl sites for hydroxylation is 1. The first-order chi connectivity index (χ1) is 11.6. The smallest absolute Gasteiger partial charge is 0.317 e. The van der Waals surface area contributed by atoms with E-state index >= 15 is 0 Å². The molecule has 0 radical (unpaired) electrons. The van der Waals surface area contributed by atoms with Crippen molar-refractivity contribution in [3.8, 4) is 0 Å². The molecular formula is C19H25N3OS. The largest absolute Gasteiger partial charge is 0.335 e. The Balaban J connectivity index is 1.46. The highest BCUT2D eigenvalue weighted by Gasteiger charge is 2.24. The zero-order chi connectivity index (χ0) is 16.9. The average molecular weight is 343 g/mol. The van der Waals surface area contributed by atoms with Crippen LogP contribution in [-0.2, 0) is 6.54 Å². The van der Waals surface area contributed by atoms with Crippen LogP contribution in [-0.4, -0.2) is 29.0 Å². The van der Waals surface area contributed by atoms with E-state index in [4.69, 9.17) is 0 Å². The van der Waals surface area contributed by atoms with Crippen molar-refractivity contribution in [2.45, 2.75) is 51.1 Å². The summed E-state index contributed by atoms with van der Waals surface area (Å²) in [5.41, 5.74) is 1.43. The molecule has 5 heteroatoms. The van der Waals surface area contributed by atoms with Gasteiger partial charge in [-0.2, -0.15) is 0 Å². The molecule has 4 nitrogen and oxygen atoms in total. The summed E-state index contributed by atoms with van der Waals surface area (Å²) < 4.78 is 0. The predicted octanol–water partition coefficient (Wildman–Crippen LogP) is 4.32. The van der Waals surface area contributed by atoms with Gasteiger partial charge in [-0.1, -0.05) is 30.3 Å². The van der Waals surface area contributed by atoms with E-state index < -0.39 is 0 Å². The second-order valence-corrected chi connectivity index (χ2v) is 7.93. The van der Waals surface area contributed by atoms with E-state index in [9.17, 15) is 4.79 Å². The summed E-state index contributed by atoms with van der Waals surface area (Å²) in [6.45, 7) is 2.61. The quantitative estimate of drug-likeness (QED) is 0.898. The number of carbonyl (C=O) groups excluding carboxylic acids is 1. The Morgan fingerprint density at radius 2 is 1.96 bits per heavy atom. The molecule has 2 amide bonds. The fraction of sp³-hybridized carbons (Fsp3) is 0.474. The van der Waals surface area contributed by atoms with Crippen LogP contribution >= 0.6 is 11.3 Å². The zero-order valence-corrected chi connectivity index (χ0v) is 15.2. The van der Waals surface area contributed by atoms with Crippen molar-refractivity contribution in [3.63, 3.8) is 0 Å². The number of aromatic nitrogens is 1. The Kier molecular flexibility index (Phi) is 5.51. The lowest BCUT2D eigenvalue weighted by atomic mass is 9.82. The minimum Gasteiger partial charge on any atom is -0.335 e. The molecule has 0 aliphatic heterocycles. The van der Waals surface area contributed by atoms with E-state index in [1.54, 1.807) is 16.2 Å². The van der Waals surface area contributed by atoms with Crippen molar-refractivity contribution >= 4 is 17.4 Å². The Morgan fingerprint density at radius 3 is 2.58 bits per heavy atom.